The number of thioether (sulfide) groups is 1. The van der Waals surface area contributed by atoms with E-state index in [1.165, 1.54) is 23.1 Å². The van der Waals surface area contributed by atoms with Crippen LogP contribution < -0.4 is 5.32 Å². The van der Waals surface area contributed by atoms with E-state index in [0.29, 0.717) is 10.9 Å². The Hall–Kier alpha value is -2.18. The summed E-state index contributed by atoms with van der Waals surface area (Å²) < 4.78 is 0.868. The molecule has 3 aliphatic rings. The van der Waals surface area contributed by atoms with Crippen LogP contribution in [0.15, 0.2) is 16.4 Å². The van der Waals surface area contributed by atoms with Gasteiger partial charge in [0.1, 0.15) is 6.54 Å². The fourth-order valence-corrected chi connectivity index (χ4v) is 5.91. The number of thiazole rings is 1. The fraction of sp³-hybridized carbons (Fsp3) is 0.471. The summed E-state index contributed by atoms with van der Waals surface area (Å²) in [5, 5.41) is 11.7. The zero-order chi connectivity index (χ0) is 18.4. The first kappa shape index (κ1) is 17.2. The molecular formula is C17H16N4O3S2. The van der Waals surface area contributed by atoms with Crippen LogP contribution in [0.4, 0.5) is 5.13 Å². The van der Waals surface area contributed by atoms with Gasteiger partial charge in [-0.3, -0.25) is 19.3 Å². The maximum Gasteiger partial charge on any atom is 0.246 e. The summed E-state index contributed by atoms with van der Waals surface area (Å²) in [7, 11) is 0. The Morgan fingerprint density at radius 1 is 1.38 bits per heavy atom. The van der Waals surface area contributed by atoms with Gasteiger partial charge >= 0.3 is 0 Å². The number of rotatable bonds is 5. The van der Waals surface area contributed by atoms with Crippen LogP contribution in [0.1, 0.15) is 12.1 Å². The second kappa shape index (κ2) is 6.52. The van der Waals surface area contributed by atoms with Crippen LogP contribution in [-0.2, 0) is 14.4 Å². The number of hydrogen-bond donors (Lipinski definition) is 1. The number of likely N-dealkylation sites (tertiary alicyclic amines) is 1. The van der Waals surface area contributed by atoms with Crippen molar-refractivity contribution in [2.45, 2.75) is 17.6 Å². The van der Waals surface area contributed by atoms with Gasteiger partial charge in [0.2, 0.25) is 17.7 Å². The van der Waals surface area contributed by atoms with Crippen molar-refractivity contribution in [1.29, 1.82) is 5.26 Å². The van der Waals surface area contributed by atoms with Gasteiger partial charge < -0.3 is 5.32 Å². The molecule has 0 radical (unpaired) electrons. The third-order valence-corrected chi connectivity index (χ3v) is 7.43. The van der Waals surface area contributed by atoms with Gasteiger partial charge in [-0.1, -0.05) is 35.3 Å². The van der Waals surface area contributed by atoms with E-state index in [1.54, 1.807) is 0 Å². The summed E-state index contributed by atoms with van der Waals surface area (Å²) in [5.74, 6) is -0.890. The molecule has 3 amide bonds. The van der Waals surface area contributed by atoms with Crippen LogP contribution in [0.3, 0.4) is 0 Å². The van der Waals surface area contributed by atoms with Gasteiger partial charge in [0, 0.05) is 0 Å². The van der Waals surface area contributed by atoms with Crippen LogP contribution in [-0.4, -0.2) is 39.9 Å². The molecule has 4 atom stereocenters. The molecule has 2 aliphatic carbocycles. The van der Waals surface area contributed by atoms with Crippen LogP contribution >= 0.6 is 23.1 Å². The number of anilines is 1. The SMILES string of the molecule is Cc1nc(NC(=O)CN2C(=O)C3C4C=CC(C4)C3C2=O)sc1SCC#N. The van der Waals surface area contributed by atoms with Crippen molar-refractivity contribution in [3.8, 4) is 6.07 Å². The summed E-state index contributed by atoms with van der Waals surface area (Å²) in [6, 6.07) is 2.05. The Kier molecular flexibility index (Phi) is 4.32. The number of imide groups is 1. The van der Waals surface area contributed by atoms with E-state index >= 15 is 0 Å². The first-order chi connectivity index (χ1) is 12.5. The van der Waals surface area contributed by atoms with E-state index in [1.807, 2.05) is 19.1 Å². The highest BCUT2D eigenvalue weighted by atomic mass is 32.2. The van der Waals surface area contributed by atoms with Gasteiger partial charge in [0.15, 0.2) is 5.13 Å². The predicted molar refractivity (Wildman–Crippen MR) is 96.3 cm³/mol. The first-order valence-electron chi connectivity index (χ1n) is 8.30. The summed E-state index contributed by atoms with van der Waals surface area (Å²) in [6.07, 6.45) is 4.92. The highest BCUT2D eigenvalue weighted by Gasteiger charge is 2.59. The third kappa shape index (κ3) is 2.73. The van der Waals surface area contributed by atoms with E-state index in [9.17, 15) is 14.4 Å². The lowest BCUT2D eigenvalue weighted by atomic mass is 9.85. The van der Waals surface area contributed by atoms with Crippen molar-refractivity contribution in [2.75, 3.05) is 17.6 Å². The van der Waals surface area contributed by atoms with Crippen LogP contribution in [0.25, 0.3) is 0 Å². The number of carbonyl (C=O) groups excluding carboxylic acids is 3. The Bertz CT molecular complexity index is 842. The zero-order valence-electron chi connectivity index (χ0n) is 14.0. The summed E-state index contributed by atoms with van der Waals surface area (Å²) >= 11 is 2.65. The van der Waals surface area contributed by atoms with Crippen LogP contribution in [0.2, 0.25) is 0 Å². The number of amides is 3. The fourth-order valence-electron chi connectivity index (χ4n) is 4.09. The molecule has 0 spiro atoms. The quantitative estimate of drug-likeness (QED) is 0.469. The van der Waals surface area contributed by atoms with E-state index in [-0.39, 0.29) is 42.0 Å². The second-order valence-corrected chi connectivity index (χ2v) is 8.89. The molecule has 26 heavy (non-hydrogen) atoms. The smallest absolute Gasteiger partial charge is 0.246 e. The van der Waals surface area contributed by atoms with Crippen LogP contribution in [0, 0.1) is 41.9 Å². The largest absolute Gasteiger partial charge is 0.300 e. The van der Waals surface area contributed by atoms with Crippen molar-refractivity contribution in [2.24, 2.45) is 23.7 Å². The number of allylic oxidation sites excluding steroid dienone is 2. The standard InChI is InChI=1S/C17H16N4O3S2/c1-8-16(25-5-4-18)26-17(19-8)20-11(22)7-21-14(23)12-9-2-3-10(6-9)13(12)15(21)24/h2-3,9-10,12-13H,5-7H2,1H3,(H,19,20,22). The molecule has 2 bridgehead atoms. The maximum atomic E-state index is 12.6. The van der Waals surface area contributed by atoms with Crippen molar-refractivity contribution in [3.63, 3.8) is 0 Å². The molecular weight excluding hydrogens is 372 g/mol. The van der Waals surface area contributed by atoms with Crippen molar-refractivity contribution >= 4 is 46.0 Å². The number of nitriles is 1. The van der Waals surface area contributed by atoms with Gasteiger partial charge in [0.05, 0.1) is 33.6 Å². The van der Waals surface area contributed by atoms with Crippen molar-refractivity contribution < 1.29 is 14.4 Å². The molecule has 1 saturated carbocycles. The number of fused-ring (bicyclic) bond motifs is 5. The Morgan fingerprint density at radius 2 is 2.04 bits per heavy atom. The van der Waals surface area contributed by atoms with E-state index in [2.05, 4.69) is 16.4 Å². The van der Waals surface area contributed by atoms with Crippen molar-refractivity contribution in [3.05, 3.63) is 17.8 Å². The average molecular weight is 388 g/mol. The van der Waals surface area contributed by atoms with Gasteiger partial charge in [-0.05, 0) is 25.2 Å². The highest BCUT2D eigenvalue weighted by Crippen LogP contribution is 2.52. The molecule has 2 fully saturated rings. The summed E-state index contributed by atoms with van der Waals surface area (Å²) in [4.78, 5) is 42.9. The number of aromatic nitrogens is 1. The number of aryl methyl sites for hydroxylation is 1. The average Bonchev–Trinajstić information content (AvgIpc) is 3.34. The number of nitrogens with zero attached hydrogens (tertiary/aromatic N) is 3. The van der Waals surface area contributed by atoms with E-state index in [4.69, 9.17) is 5.26 Å². The predicted octanol–water partition coefficient (Wildman–Crippen LogP) is 1.81. The maximum absolute atomic E-state index is 12.6. The Balaban J connectivity index is 1.41. The van der Waals surface area contributed by atoms with Gasteiger partial charge in [-0.2, -0.15) is 5.26 Å². The molecule has 134 valence electrons. The van der Waals surface area contributed by atoms with Gasteiger partial charge in [-0.15, -0.1) is 0 Å². The molecule has 2 heterocycles. The normalized spacial score (nSPS) is 28.5. The highest BCUT2D eigenvalue weighted by molar-refractivity contribution is 8.01. The molecule has 1 N–H and O–H groups in total. The minimum atomic E-state index is -0.433. The van der Waals surface area contributed by atoms with E-state index < -0.39 is 5.91 Å². The van der Waals surface area contributed by atoms with Crippen LogP contribution in [0.5, 0.6) is 0 Å². The molecule has 4 rings (SSSR count). The monoisotopic (exact) mass is 388 g/mol. The minimum absolute atomic E-state index is 0.135. The molecule has 1 aliphatic heterocycles. The lowest BCUT2D eigenvalue weighted by molar-refractivity contribution is -0.143. The molecule has 1 aromatic heterocycles. The lowest BCUT2D eigenvalue weighted by Gasteiger charge is -2.16. The number of hydrogen-bond acceptors (Lipinski definition) is 7. The molecule has 4 unspecified atom stereocenters. The Morgan fingerprint density at radius 3 is 2.65 bits per heavy atom. The lowest BCUT2D eigenvalue weighted by Crippen LogP contribution is -2.39. The number of nitrogens with one attached hydrogen (secondary N) is 1. The first-order valence-corrected chi connectivity index (χ1v) is 10.1. The van der Waals surface area contributed by atoms with E-state index in [0.717, 1.165) is 21.2 Å². The summed E-state index contributed by atoms with van der Waals surface area (Å²) in [6.45, 7) is 1.53. The molecule has 1 aromatic rings. The molecule has 7 nitrogen and oxygen atoms in total. The Labute approximate surface area is 158 Å². The zero-order valence-corrected chi connectivity index (χ0v) is 15.6. The topological polar surface area (TPSA) is 103 Å². The minimum Gasteiger partial charge on any atom is -0.300 e. The molecule has 1 saturated heterocycles. The number of carbonyl (C=O) groups is 3. The second-order valence-electron chi connectivity index (χ2n) is 6.65. The van der Waals surface area contributed by atoms with Crippen molar-refractivity contribution in [1.82, 2.24) is 9.88 Å². The molecule has 0 aromatic carbocycles. The third-order valence-electron chi connectivity index (χ3n) is 5.13. The molecule has 9 heteroatoms. The van der Waals surface area contributed by atoms with Gasteiger partial charge in [-0.25, -0.2) is 4.98 Å². The van der Waals surface area contributed by atoms with Gasteiger partial charge in [0.25, 0.3) is 0 Å². The summed E-state index contributed by atoms with van der Waals surface area (Å²) in [5.41, 5.74) is 0.746.